The highest BCUT2D eigenvalue weighted by Crippen LogP contribution is 2.12. The summed E-state index contributed by atoms with van der Waals surface area (Å²) >= 11 is 12.8. The maximum Gasteiger partial charge on any atom is 0.333 e. The Morgan fingerprint density at radius 2 is 1.85 bits per heavy atom. The van der Waals surface area contributed by atoms with Crippen LogP contribution in [0.5, 0.6) is 0 Å². The molecule has 2 nitrogen and oxygen atoms in total. The number of hydrogen-bond donors (Lipinski definition) is 0. The number of halogens is 2. The molecule has 1 heterocycles. The summed E-state index contributed by atoms with van der Waals surface area (Å²) in [5.74, 6) is 0. The molecule has 1 aromatic carbocycles. The minimum atomic E-state index is 0.523. The average molecular weight is 232 g/mol. The SMILES string of the molecule is Clc1ccc(-[n+]2cnc(Cl)s2)cc1. The molecule has 0 saturated heterocycles. The summed E-state index contributed by atoms with van der Waals surface area (Å²) in [5, 5.41) is 0.722. The van der Waals surface area contributed by atoms with E-state index in [-0.39, 0.29) is 0 Å². The Morgan fingerprint density at radius 1 is 1.15 bits per heavy atom. The fraction of sp³-hybridized carbons (Fsp3) is 0. The lowest BCUT2D eigenvalue weighted by Gasteiger charge is -1.92. The van der Waals surface area contributed by atoms with Crippen LogP contribution >= 0.6 is 34.7 Å². The Bertz CT molecular complexity index is 410. The van der Waals surface area contributed by atoms with Crippen molar-refractivity contribution in [2.75, 3.05) is 0 Å². The second-order valence-corrected chi connectivity index (χ2v) is 4.37. The van der Waals surface area contributed by atoms with Gasteiger partial charge in [0.1, 0.15) is 17.2 Å². The molecule has 0 aliphatic heterocycles. The second kappa shape index (κ2) is 3.62. The Labute approximate surface area is 89.5 Å². The van der Waals surface area contributed by atoms with Crippen LogP contribution in [0.2, 0.25) is 9.49 Å². The predicted molar refractivity (Wildman–Crippen MR) is 53.7 cm³/mol. The number of benzene rings is 1. The van der Waals surface area contributed by atoms with Gasteiger partial charge in [-0.3, -0.25) is 0 Å². The van der Waals surface area contributed by atoms with E-state index in [0.29, 0.717) is 4.47 Å². The quantitative estimate of drug-likeness (QED) is 0.691. The van der Waals surface area contributed by atoms with Gasteiger partial charge in [-0.2, -0.15) is 0 Å². The number of rotatable bonds is 1. The van der Waals surface area contributed by atoms with Gasteiger partial charge in [-0.25, -0.2) is 0 Å². The first-order valence-electron chi connectivity index (χ1n) is 3.55. The van der Waals surface area contributed by atoms with Crippen LogP contribution < -0.4 is 3.96 Å². The third-order valence-electron chi connectivity index (χ3n) is 1.52. The van der Waals surface area contributed by atoms with Crippen LogP contribution in [0, 0.1) is 0 Å². The van der Waals surface area contributed by atoms with Crippen LogP contribution in [0.1, 0.15) is 0 Å². The van der Waals surface area contributed by atoms with Crippen LogP contribution in [-0.4, -0.2) is 4.98 Å². The summed E-state index contributed by atoms with van der Waals surface area (Å²) in [6.45, 7) is 0. The first-order valence-corrected chi connectivity index (χ1v) is 5.08. The summed E-state index contributed by atoms with van der Waals surface area (Å²) in [7, 11) is 0. The van der Waals surface area contributed by atoms with Crippen molar-refractivity contribution >= 4 is 34.7 Å². The zero-order valence-corrected chi connectivity index (χ0v) is 8.77. The smallest absolute Gasteiger partial charge is 0.138 e. The zero-order valence-electron chi connectivity index (χ0n) is 6.45. The van der Waals surface area contributed by atoms with Crippen LogP contribution in [0.4, 0.5) is 0 Å². The summed E-state index contributed by atoms with van der Waals surface area (Å²) in [6.07, 6.45) is 1.68. The second-order valence-electron chi connectivity index (χ2n) is 2.39. The number of hydrogen-bond acceptors (Lipinski definition) is 2. The highest BCUT2D eigenvalue weighted by Gasteiger charge is 2.09. The van der Waals surface area contributed by atoms with E-state index in [4.69, 9.17) is 23.2 Å². The summed E-state index contributed by atoms with van der Waals surface area (Å²) in [5.41, 5.74) is 1.01. The molecule has 2 rings (SSSR count). The Kier molecular flexibility index (Phi) is 2.49. The molecular weight excluding hydrogens is 227 g/mol. The van der Waals surface area contributed by atoms with Crippen molar-refractivity contribution in [1.29, 1.82) is 0 Å². The van der Waals surface area contributed by atoms with Gasteiger partial charge < -0.3 is 0 Å². The molecule has 0 unspecified atom stereocenters. The highest BCUT2D eigenvalue weighted by molar-refractivity contribution is 7.06. The van der Waals surface area contributed by atoms with Crippen molar-refractivity contribution in [3.05, 3.63) is 40.1 Å². The van der Waals surface area contributed by atoms with Crippen molar-refractivity contribution in [3.63, 3.8) is 0 Å². The Morgan fingerprint density at radius 3 is 2.38 bits per heavy atom. The largest absolute Gasteiger partial charge is 0.333 e. The molecule has 0 N–H and O–H groups in total. The van der Waals surface area contributed by atoms with Crippen molar-refractivity contribution in [3.8, 4) is 5.69 Å². The molecular formula is C8H5Cl2N2S+. The van der Waals surface area contributed by atoms with Gasteiger partial charge in [0.25, 0.3) is 0 Å². The lowest BCUT2D eigenvalue weighted by atomic mass is 10.3. The molecule has 13 heavy (non-hydrogen) atoms. The molecule has 0 aliphatic rings. The van der Waals surface area contributed by atoms with E-state index in [0.717, 1.165) is 10.7 Å². The van der Waals surface area contributed by atoms with Crippen LogP contribution in [0.15, 0.2) is 30.6 Å². The van der Waals surface area contributed by atoms with Gasteiger partial charge in [-0.1, -0.05) is 11.6 Å². The molecule has 0 aliphatic carbocycles. The highest BCUT2D eigenvalue weighted by atomic mass is 35.5. The van der Waals surface area contributed by atoms with Crippen molar-refractivity contribution in [2.24, 2.45) is 0 Å². The summed E-state index contributed by atoms with van der Waals surface area (Å²) in [4.78, 5) is 3.93. The topological polar surface area (TPSA) is 16.8 Å². The minimum Gasteiger partial charge on any atom is -0.138 e. The monoisotopic (exact) mass is 231 g/mol. The van der Waals surface area contributed by atoms with Gasteiger partial charge in [-0.05, 0) is 40.9 Å². The van der Waals surface area contributed by atoms with E-state index in [1.54, 1.807) is 6.33 Å². The lowest BCUT2D eigenvalue weighted by Crippen LogP contribution is -2.23. The van der Waals surface area contributed by atoms with E-state index in [1.807, 2.05) is 28.2 Å². The molecule has 66 valence electrons. The van der Waals surface area contributed by atoms with E-state index in [1.165, 1.54) is 11.5 Å². The maximum atomic E-state index is 5.76. The molecule has 0 amide bonds. The molecule has 0 bridgehead atoms. The van der Waals surface area contributed by atoms with E-state index in [9.17, 15) is 0 Å². The van der Waals surface area contributed by atoms with Crippen LogP contribution in [-0.2, 0) is 0 Å². The van der Waals surface area contributed by atoms with Gasteiger partial charge in [0.05, 0.1) is 0 Å². The molecule has 5 heteroatoms. The van der Waals surface area contributed by atoms with Crippen molar-refractivity contribution in [1.82, 2.24) is 4.98 Å². The van der Waals surface area contributed by atoms with Gasteiger partial charge in [0, 0.05) is 5.02 Å². The first-order chi connectivity index (χ1) is 6.25. The molecule has 0 saturated carbocycles. The Balaban J connectivity index is 2.41. The molecule has 0 fully saturated rings. The third-order valence-corrected chi connectivity index (χ3v) is 2.83. The van der Waals surface area contributed by atoms with E-state index < -0.39 is 0 Å². The van der Waals surface area contributed by atoms with Crippen LogP contribution in [0.3, 0.4) is 0 Å². The Hall–Kier alpha value is -0.640. The fourth-order valence-electron chi connectivity index (χ4n) is 0.934. The summed E-state index contributed by atoms with van der Waals surface area (Å²) in [6, 6.07) is 7.49. The van der Waals surface area contributed by atoms with Crippen molar-refractivity contribution < 1.29 is 3.96 Å². The van der Waals surface area contributed by atoms with Gasteiger partial charge in [0.2, 0.25) is 0 Å². The van der Waals surface area contributed by atoms with E-state index >= 15 is 0 Å². The molecule has 2 aromatic rings. The molecule has 1 aromatic heterocycles. The lowest BCUT2D eigenvalue weighted by molar-refractivity contribution is -0.522. The molecule has 0 spiro atoms. The predicted octanol–water partition coefficient (Wildman–Crippen LogP) is 2.73. The molecule has 0 atom stereocenters. The normalized spacial score (nSPS) is 10.3. The van der Waals surface area contributed by atoms with Crippen LogP contribution in [0.25, 0.3) is 5.69 Å². The average Bonchev–Trinajstić information content (AvgIpc) is 2.53. The maximum absolute atomic E-state index is 5.76. The zero-order chi connectivity index (χ0) is 9.26. The fourth-order valence-corrected chi connectivity index (χ4v) is 1.90. The molecule has 0 radical (unpaired) electrons. The third kappa shape index (κ3) is 1.99. The van der Waals surface area contributed by atoms with Gasteiger partial charge >= 0.3 is 10.8 Å². The minimum absolute atomic E-state index is 0.523. The number of nitrogens with zero attached hydrogens (tertiary/aromatic N) is 2. The number of aromatic nitrogens is 2. The first kappa shape index (κ1) is 8.94. The summed E-state index contributed by atoms with van der Waals surface area (Å²) < 4.78 is 2.40. The van der Waals surface area contributed by atoms with Gasteiger partial charge in [-0.15, -0.1) is 3.96 Å². The van der Waals surface area contributed by atoms with E-state index in [2.05, 4.69) is 4.98 Å². The standard InChI is InChI=1S/C8H5Cl2N2S/c9-6-1-3-7(4-2-6)12-5-11-8(10)13-12/h1-5H/q+1. The van der Waals surface area contributed by atoms with Gasteiger partial charge in [0.15, 0.2) is 0 Å². The van der Waals surface area contributed by atoms with Crippen molar-refractivity contribution in [2.45, 2.75) is 0 Å².